The highest BCUT2D eigenvalue weighted by Crippen LogP contribution is 2.44. The quantitative estimate of drug-likeness (QED) is 0.0679. The molecule has 0 saturated carbocycles. The van der Waals surface area contributed by atoms with Crippen molar-refractivity contribution < 1.29 is 23.7 Å². The third-order valence-corrected chi connectivity index (χ3v) is 9.78. The van der Waals surface area contributed by atoms with Crippen molar-refractivity contribution in [2.24, 2.45) is 0 Å². The van der Waals surface area contributed by atoms with E-state index in [9.17, 15) is 0 Å². The second-order valence-electron chi connectivity index (χ2n) is 12.9. The fraction of sp³-hybridized carbons (Fsp3) is 0.364. The molecule has 0 aliphatic heterocycles. The summed E-state index contributed by atoms with van der Waals surface area (Å²) in [5.41, 5.74) is 5.35. The normalized spacial score (nSPS) is 11.8. The predicted octanol–water partition coefficient (Wildman–Crippen LogP) is 10.4. The van der Waals surface area contributed by atoms with E-state index in [4.69, 9.17) is 23.7 Å². The van der Waals surface area contributed by atoms with Gasteiger partial charge in [0.15, 0.2) is 0 Å². The van der Waals surface area contributed by atoms with Crippen LogP contribution in [0.15, 0.2) is 84.9 Å². The summed E-state index contributed by atoms with van der Waals surface area (Å²) in [7, 11) is 7.12. The molecule has 0 aromatic heterocycles. The average molecular weight is 659 g/mol. The number of hydrogen-bond acceptors (Lipinski definition) is 5. The van der Waals surface area contributed by atoms with Crippen molar-refractivity contribution in [3.05, 3.63) is 107 Å². The molecule has 0 atom stereocenters. The van der Waals surface area contributed by atoms with E-state index in [1.54, 1.807) is 28.4 Å². The van der Waals surface area contributed by atoms with Gasteiger partial charge in [0.2, 0.25) is 0 Å². The molecular weight excluding hydrogens is 608 g/mol. The minimum atomic E-state index is 0.710. The van der Waals surface area contributed by atoms with E-state index >= 15 is 0 Å². The lowest BCUT2D eigenvalue weighted by molar-refractivity contribution is 0.195. The molecular formula is C44H50O5. The molecule has 256 valence electrons. The summed E-state index contributed by atoms with van der Waals surface area (Å²) in [6.07, 6.45) is 7.44. The lowest BCUT2D eigenvalue weighted by Crippen LogP contribution is -2.03. The van der Waals surface area contributed by atoms with Crippen molar-refractivity contribution in [1.29, 1.82) is 0 Å². The van der Waals surface area contributed by atoms with Crippen molar-refractivity contribution in [3.63, 3.8) is 0 Å². The molecule has 6 aromatic carbocycles. The highest BCUT2D eigenvalue weighted by molar-refractivity contribution is 6.10. The van der Waals surface area contributed by atoms with Crippen LogP contribution in [0.5, 0.6) is 11.5 Å². The van der Waals surface area contributed by atoms with Crippen LogP contribution < -0.4 is 4.74 Å². The summed E-state index contributed by atoms with van der Waals surface area (Å²) in [5.74, 6) is 1.79. The van der Waals surface area contributed by atoms with Gasteiger partial charge in [0.1, 0.15) is 11.5 Å². The number of fused-ring (bicyclic) bond motifs is 4. The Labute approximate surface area is 291 Å². The summed E-state index contributed by atoms with van der Waals surface area (Å²) < 4.78 is 29.3. The van der Waals surface area contributed by atoms with Crippen LogP contribution in [0.25, 0.3) is 43.1 Å². The molecule has 0 fully saturated rings. The summed E-state index contributed by atoms with van der Waals surface area (Å²) in [6, 6.07) is 30.9. The minimum Gasteiger partial charge on any atom is -0.456 e. The Bertz CT molecular complexity index is 1870. The van der Waals surface area contributed by atoms with E-state index in [1.807, 2.05) is 0 Å². The first-order chi connectivity index (χ1) is 24.2. The Hall–Kier alpha value is -4.00. The van der Waals surface area contributed by atoms with Gasteiger partial charge in [0, 0.05) is 65.6 Å². The van der Waals surface area contributed by atoms with Crippen LogP contribution in [0.3, 0.4) is 0 Å². The van der Waals surface area contributed by atoms with Crippen LogP contribution in [0.4, 0.5) is 0 Å². The van der Waals surface area contributed by atoms with Crippen molar-refractivity contribution in [1.82, 2.24) is 0 Å². The summed E-state index contributed by atoms with van der Waals surface area (Å²) in [6.45, 7) is 2.87. The van der Waals surface area contributed by atoms with Gasteiger partial charge in [-0.15, -0.1) is 0 Å². The summed E-state index contributed by atoms with van der Waals surface area (Å²) >= 11 is 0. The Morgan fingerprint density at radius 3 is 1.00 bits per heavy atom. The standard InChI is InChI=1S/C44H50O5/c1-45-27-11-21-35-31-15-5-7-17-33(31)39(23-13-29-47-3)43-37(35)19-9-25-41(43)49-42-26-10-20-38-36(22-12-28-46-2)32-16-6-8-18-34(32)40(44(38)42)24-14-30-48-4/h5-10,15-20,25-26H,11-14,21-24,27-30H2,1-4H3. The van der Waals surface area contributed by atoms with Crippen LogP contribution in [0.1, 0.15) is 47.9 Å². The third-order valence-electron chi connectivity index (χ3n) is 9.78. The van der Waals surface area contributed by atoms with Crippen LogP contribution in [-0.4, -0.2) is 54.9 Å². The van der Waals surface area contributed by atoms with Gasteiger partial charge in [-0.3, -0.25) is 0 Å². The Kier molecular flexibility index (Phi) is 12.2. The molecule has 0 aliphatic carbocycles. The molecule has 5 nitrogen and oxygen atoms in total. The highest BCUT2D eigenvalue weighted by atomic mass is 16.5. The number of hydrogen-bond donors (Lipinski definition) is 0. The molecule has 0 saturated heterocycles. The van der Waals surface area contributed by atoms with Crippen molar-refractivity contribution in [2.75, 3.05) is 54.9 Å². The fourth-order valence-electron chi connectivity index (χ4n) is 7.69. The monoisotopic (exact) mass is 658 g/mol. The molecule has 0 radical (unpaired) electrons. The van der Waals surface area contributed by atoms with Crippen LogP contribution in [0, 0.1) is 0 Å². The van der Waals surface area contributed by atoms with Gasteiger partial charge in [-0.1, -0.05) is 72.8 Å². The molecule has 0 amide bonds. The number of aryl methyl sites for hydroxylation is 4. The van der Waals surface area contributed by atoms with E-state index < -0.39 is 0 Å². The van der Waals surface area contributed by atoms with E-state index in [1.165, 1.54) is 65.3 Å². The average Bonchev–Trinajstić information content (AvgIpc) is 3.13. The number of benzene rings is 6. The summed E-state index contributed by atoms with van der Waals surface area (Å²) in [5, 5.41) is 10.1. The SMILES string of the molecule is COCCCc1c2ccccc2c(CCCOC)c2c(Oc3cccc4c(CCCOC)c5ccccc5c(CCCOC)c34)cccc12. The Morgan fingerprint density at radius 1 is 0.347 bits per heavy atom. The fourth-order valence-corrected chi connectivity index (χ4v) is 7.69. The number of rotatable bonds is 18. The van der Waals surface area contributed by atoms with E-state index in [2.05, 4.69) is 84.9 Å². The number of methoxy groups -OCH3 is 4. The van der Waals surface area contributed by atoms with Gasteiger partial charge < -0.3 is 23.7 Å². The van der Waals surface area contributed by atoms with Gasteiger partial charge in [-0.05, 0) is 118 Å². The lowest BCUT2D eigenvalue weighted by Gasteiger charge is -2.22. The van der Waals surface area contributed by atoms with Crippen LogP contribution >= 0.6 is 0 Å². The second-order valence-corrected chi connectivity index (χ2v) is 12.9. The molecule has 5 heteroatoms. The smallest absolute Gasteiger partial charge is 0.135 e. The Balaban J connectivity index is 1.60. The molecule has 6 aromatic rings. The zero-order chi connectivity index (χ0) is 34.0. The van der Waals surface area contributed by atoms with Crippen molar-refractivity contribution >= 4 is 43.1 Å². The van der Waals surface area contributed by atoms with E-state index in [0.29, 0.717) is 13.2 Å². The van der Waals surface area contributed by atoms with Gasteiger partial charge >= 0.3 is 0 Å². The maximum absolute atomic E-state index is 7.25. The van der Waals surface area contributed by atoms with E-state index in [-0.39, 0.29) is 0 Å². The van der Waals surface area contributed by atoms with Crippen molar-refractivity contribution in [3.8, 4) is 11.5 Å². The van der Waals surface area contributed by atoms with Gasteiger partial charge in [0.25, 0.3) is 0 Å². The topological polar surface area (TPSA) is 46.2 Å². The maximum Gasteiger partial charge on any atom is 0.135 e. The van der Waals surface area contributed by atoms with Gasteiger partial charge in [-0.25, -0.2) is 0 Å². The third kappa shape index (κ3) is 7.46. The molecule has 49 heavy (non-hydrogen) atoms. The number of ether oxygens (including phenoxy) is 5. The molecule has 0 aliphatic rings. The van der Waals surface area contributed by atoms with Gasteiger partial charge in [-0.2, -0.15) is 0 Å². The zero-order valence-electron chi connectivity index (χ0n) is 29.6. The molecule has 6 rings (SSSR count). The largest absolute Gasteiger partial charge is 0.456 e. The first-order valence-corrected chi connectivity index (χ1v) is 17.8. The van der Waals surface area contributed by atoms with Gasteiger partial charge in [0.05, 0.1) is 0 Å². The lowest BCUT2D eigenvalue weighted by atomic mass is 9.87. The maximum atomic E-state index is 7.25. The minimum absolute atomic E-state index is 0.710. The second kappa shape index (κ2) is 17.1. The first kappa shape index (κ1) is 34.8. The molecule has 0 unspecified atom stereocenters. The molecule has 0 N–H and O–H groups in total. The highest BCUT2D eigenvalue weighted by Gasteiger charge is 2.21. The summed E-state index contributed by atoms with van der Waals surface area (Å²) in [4.78, 5) is 0. The van der Waals surface area contributed by atoms with Crippen LogP contribution in [-0.2, 0) is 44.6 Å². The van der Waals surface area contributed by atoms with E-state index in [0.717, 1.165) is 76.1 Å². The molecule has 0 spiro atoms. The molecule has 0 heterocycles. The molecule has 0 bridgehead atoms. The van der Waals surface area contributed by atoms with Crippen molar-refractivity contribution in [2.45, 2.75) is 51.4 Å². The first-order valence-electron chi connectivity index (χ1n) is 17.8. The predicted molar refractivity (Wildman–Crippen MR) is 204 cm³/mol. The zero-order valence-corrected chi connectivity index (χ0v) is 29.6. The van der Waals surface area contributed by atoms with Crippen LogP contribution in [0.2, 0.25) is 0 Å². The Morgan fingerprint density at radius 2 is 0.653 bits per heavy atom.